The molecule has 1 rings (SSSR count). The zero-order valence-corrected chi connectivity index (χ0v) is 4.66. The monoisotopic (exact) mass is 112 g/mol. The topological polar surface area (TPSA) is 32.8 Å². The lowest BCUT2D eigenvalue weighted by Crippen LogP contribution is -2.12. The second kappa shape index (κ2) is 1.77. The van der Waals surface area contributed by atoms with Crippen molar-refractivity contribution >= 4 is 0 Å². The van der Waals surface area contributed by atoms with Crippen molar-refractivity contribution in [3.8, 4) is 12.3 Å². The summed E-state index contributed by atoms with van der Waals surface area (Å²) < 4.78 is 4.88. The molecule has 0 amide bonds. The minimum Gasteiger partial charge on any atom is -0.378 e. The third kappa shape index (κ3) is 0.835. The van der Waals surface area contributed by atoms with Crippen LogP contribution in [0.4, 0.5) is 0 Å². The van der Waals surface area contributed by atoms with Crippen LogP contribution in [0.1, 0.15) is 6.92 Å². The molecular formula is C6H8O2. The molecule has 1 heterocycles. The summed E-state index contributed by atoms with van der Waals surface area (Å²) in [6, 6.07) is 0. The molecule has 44 valence electrons. The quantitative estimate of drug-likeness (QED) is 0.375. The molecule has 1 aliphatic rings. The first-order valence-corrected chi connectivity index (χ1v) is 2.55. The maximum absolute atomic E-state index is 8.81. The van der Waals surface area contributed by atoms with Gasteiger partial charge in [0.2, 0.25) is 0 Å². The number of aliphatic hydroxyl groups is 1. The Labute approximate surface area is 48.5 Å². The highest BCUT2D eigenvalue weighted by Gasteiger charge is 2.39. The molecule has 0 aromatic heterocycles. The van der Waals surface area contributed by atoms with E-state index >= 15 is 0 Å². The van der Waals surface area contributed by atoms with Crippen LogP contribution in [0.5, 0.6) is 0 Å². The minimum absolute atomic E-state index is 0.0972. The van der Waals surface area contributed by atoms with Gasteiger partial charge in [0, 0.05) is 0 Å². The Balaban J connectivity index is 2.31. The largest absolute Gasteiger partial charge is 0.378 e. The third-order valence-corrected chi connectivity index (χ3v) is 1.24. The summed E-state index contributed by atoms with van der Waals surface area (Å²) in [5.74, 6) is 2.19. The van der Waals surface area contributed by atoms with Gasteiger partial charge in [0.1, 0.15) is 12.2 Å². The SMILES string of the molecule is C#C[C@@H](O)[C@@H]1O[C@H]1C. The maximum Gasteiger partial charge on any atom is 0.143 e. The second-order valence-corrected chi connectivity index (χ2v) is 1.92. The normalized spacial score (nSPS) is 38.1. The van der Waals surface area contributed by atoms with Crippen LogP contribution in [0.3, 0.4) is 0 Å². The predicted molar refractivity (Wildman–Crippen MR) is 29.2 cm³/mol. The Morgan fingerprint density at radius 2 is 2.38 bits per heavy atom. The highest BCUT2D eigenvalue weighted by Crippen LogP contribution is 2.23. The number of aliphatic hydroxyl groups excluding tert-OH is 1. The van der Waals surface area contributed by atoms with Crippen molar-refractivity contribution in [1.29, 1.82) is 0 Å². The van der Waals surface area contributed by atoms with Crippen LogP contribution < -0.4 is 0 Å². The van der Waals surface area contributed by atoms with Gasteiger partial charge in [-0.3, -0.25) is 0 Å². The Kier molecular flexibility index (Phi) is 1.24. The van der Waals surface area contributed by atoms with E-state index in [1.54, 1.807) is 0 Å². The summed E-state index contributed by atoms with van der Waals surface area (Å²) in [6.45, 7) is 1.88. The van der Waals surface area contributed by atoms with Crippen LogP contribution >= 0.6 is 0 Å². The fraction of sp³-hybridized carbons (Fsp3) is 0.667. The molecular weight excluding hydrogens is 104 g/mol. The van der Waals surface area contributed by atoms with Gasteiger partial charge in [-0.15, -0.1) is 6.42 Å². The van der Waals surface area contributed by atoms with E-state index in [4.69, 9.17) is 16.3 Å². The van der Waals surface area contributed by atoms with E-state index < -0.39 is 6.10 Å². The molecule has 2 heteroatoms. The molecule has 0 saturated carbocycles. The van der Waals surface area contributed by atoms with E-state index in [1.807, 2.05) is 6.92 Å². The molecule has 0 unspecified atom stereocenters. The van der Waals surface area contributed by atoms with Crippen molar-refractivity contribution in [2.45, 2.75) is 25.2 Å². The average Bonchev–Trinajstić information content (AvgIpc) is 2.45. The van der Waals surface area contributed by atoms with Crippen molar-refractivity contribution in [2.24, 2.45) is 0 Å². The standard InChI is InChI=1S/C6H8O2/c1-3-5(7)6-4(2)8-6/h1,4-7H,2H3/t4-,5+,6+/m0/s1. The number of hydrogen-bond donors (Lipinski definition) is 1. The average molecular weight is 112 g/mol. The molecule has 0 bridgehead atoms. The molecule has 0 radical (unpaired) electrons. The smallest absolute Gasteiger partial charge is 0.143 e. The summed E-state index contributed by atoms with van der Waals surface area (Å²) in [5.41, 5.74) is 0. The van der Waals surface area contributed by atoms with Gasteiger partial charge in [0.05, 0.1) is 6.10 Å². The molecule has 0 aliphatic carbocycles. The van der Waals surface area contributed by atoms with E-state index in [0.29, 0.717) is 0 Å². The molecule has 1 fully saturated rings. The maximum atomic E-state index is 8.81. The third-order valence-electron chi connectivity index (χ3n) is 1.24. The molecule has 1 saturated heterocycles. The molecule has 8 heavy (non-hydrogen) atoms. The minimum atomic E-state index is -0.704. The van der Waals surface area contributed by atoms with Crippen molar-refractivity contribution in [2.75, 3.05) is 0 Å². The van der Waals surface area contributed by atoms with Crippen LogP contribution in [-0.2, 0) is 4.74 Å². The second-order valence-electron chi connectivity index (χ2n) is 1.92. The number of ether oxygens (including phenoxy) is 1. The van der Waals surface area contributed by atoms with Gasteiger partial charge >= 0.3 is 0 Å². The summed E-state index contributed by atoms with van der Waals surface area (Å²) in [7, 11) is 0. The van der Waals surface area contributed by atoms with E-state index in [2.05, 4.69) is 5.92 Å². The molecule has 0 spiro atoms. The number of epoxide rings is 1. The van der Waals surface area contributed by atoms with Crippen LogP contribution in [0.15, 0.2) is 0 Å². The molecule has 3 atom stereocenters. The Bertz CT molecular complexity index is 125. The predicted octanol–water partition coefficient (Wildman–Crippen LogP) is -0.232. The van der Waals surface area contributed by atoms with Gasteiger partial charge in [-0.2, -0.15) is 0 Å². The van der Waals surface area contributed by atoms with Crippen LogP contribution in [0.25, 0.3) is 0 Å². The Morgan fingerprint density at radius 3 is 2.50 bits per heavy atom. The summed E-state index contributed by atoms with van der Waals surface area (Å²) in [4.78, 5) is 0. The van der Waals surface area contributed by atoms with Crippen LogP contribution in [0.2, 0.25) is 0 Å². The molecule has 1 N–H and O–H groups in total. The zero-order valence-electron chi connectivity index (χ0n) is 4.66. The van der Waals surface area contributed by atoms with Gasteiger partial charge < -0.3 is 9.84 Å². The highest BCUT2D eigenvalue weighted by atomic mass is 16.6. The summed E-state index contributed by atoms with van der Waals surface area (Å²) in [6.07, 6.45) is 4.25. The van der Waals surface area contributed by atoms with Crippen molar-refractivity contribution < 1.29 is 9.84 Å². The Hall–Kier alpha value is -0.520. The van der Waals surface area contributed by atoms with E-state index in [-0.39, 0.29) is 12.2 Å². The molecule has 1 aliphatic heterocycles. The van der Waals surface area contributed by atoms with Crippen LogP contribution in [-0.4, -0.2) is 23.4 Å². The van der Waals surface area contributed by atoms with Gasteiger partial charge in [-0.1, -0.05) is 5.92 Å². The van der Waals surface area contributed by atoms with Gasteiger partial charge in [-0.25, -0.2) is 0 Å². The highest BCUT2D eigenvalue weighted by molar-refractivity contribution is 5.04. The fourth-order valence-corrected chi connectivity index (χ4v) is 0.628. The lowest BCUT2D eigenvalue weighted by atomic mass is 10.2. The van der Waals surface area contributed by atoms with E-state index in [9.17, 15) is 0 Å². The first kappa shape index (κ1) is 5.61. The summed E-state index contributed by atoms with van der Waals surface area (Å²) >= 11 is 0. The fourth-order valence-electron chi connectivity index (χ4n) is 0.628. The Morgan fingerprint density at radius 1 is 1.88 bits per heavy atom. The first-order valence-electron chi connectivity index (χ1n) is 2.55. The van der Waals surface area contributed by atoms with Crippen molar-refractivity contribution in [3.63, 3.8) is 0 Å². The van der Waals surface area contributed by atoms with Crippen molar-refractivity contribution in [3.05, 3.63) is 0 Å². The van der Waals surface area contributed by atoms with E-state index in [1.165, 1.54) is 0 Å². The number of terminal acetylenes is 1. The molecule has 2 nitrogen and oxygen atoms in total. The number of rotatable bonds is 1. The van der Waals surface area contributed by atoms with Crippen molar-refractivity contribution in [1.82, 2.24) is 0 Å². The van der Waals surface area contributed by atoms with Crippen LogP contribution in [0, 0.1) is 12.3 Å². The lowest BCUT2D eigenvalue weighted by Gasteiger charge is -1.92. The summed E-state index contributed by atoms with van der Waals surface area (Å²) in [5, 5.41) is 8.81. The lowest BCUT2D eigenvalue weighted by molar-refractivity contribution is 0.186. The first-order chi connectivity index (χ1) is 3.75. The molecule has 0 aromatic rings. The van der Waals surface area contributed by atoms with Gasteiger partial charge in [0.25, 0.3) is 0 Å². The van der Waals surface area contributed by atoms with Gasteiger partial charge in [-0.05, 0) is 6.92 Å². The molecule has 0 aromatic carbocycles. The number of hydrogen-bond acceptors (Lipinski definition) is 2. The zero-order chi connectivity index (χ0) is 6.15. The van der Waals surface area contributed by atoms with E-state index in [0.717, 1.165) is 0 Å². The van der Waals surface area contributed by atoms with Gasteiger partial charge in [0.15, 0.2) is 0 Å².